The molecule has 0 aromatic carbocycles. The average molecular weight is 183 g/mol. The molecule has 0 aliphatic carbocycles. The maximum Gasteiger partial charge on any atom is 0.198 e. The van der Waals surface area contributed by atoms with Gasteiger partial charge in [0.15, 0.2) is 6.29 Å². The fourth-order valence-electron chi connectivity index (χ4n) is 1.52. The van der Waals surface area contributed by atoms with Gasteiger partial charge in [0.05, 0.1) is 0 Å². The lowest BCUT2D eigenvalue weighted by molar-refractivity contribution is 0.476. The van der Waals surface area contributed by atoms with E-state index in [1.54, 1.807) is 0 Å². The lowest BCUT2D eigenvalue weighted by Crippen LogP contribution is -1.94. The molecular weight excluding hydrogens is 160 g/mol. The molecule has 1 atom stereocenters. The Labute approximate surface area is 82.9 Å². The van der Waals surface area contributed by atoms with E-state index in [0.717, 1.165) is 0 Å². The summed E-state index contributed by atoms with van der Waals surface area (Å²) >= 11 is 0. The van der Waals surface area contributed by atoms with Gasteiger partial charge in [-0.25, -0.2) is 0 Å². The Bertz CT molecular complexity index is 110. The van der Waals surface area contributed by atoms with Gasteiger partial charge in [-0.2, -0.15) is 0 Å². The number of carbonyl (C=O) groups excluding carboxylic acids is 1. The van der Waals surface area contributed by atoms with E-state index in [2.05, 4.69) is 13.8 Å². The standard InChI is InChI=1S/C12H23O/c1-3-4-5-6-7-8-9-12(2)10-11-13/h12H,3-10H2,1-2H3. The lowest BCUT2D eigenvalue weighted by atomic mass is 10.00. The van der Waals surface area contributed by atoms with Crippen molar-refractivity contribution in [2.24, 2.45) is 5.92 Å². The van der Waals surface area contributed by atoms with Crippen LogP contribution >= 0.6 is 0 Å². The minimum Gasteiger partial charge on any atom is -0.291 e. The first kappa shape index (κ1) is 12.7. The summed E-state index contributed by atoms with van der Waals surface area (Å²) in [4.78, 5) is 10.1. The normalized spacial score (nSPS) is 12.8. The molecule has 0 spiro atoms. The molecule has 1 radical (unpaired) electrons. The molecule has 1 unspecified atom stereocenters. The van der Waals surface area contributed by atoms with Gasteiger partial charge in [0.25, 0.3) is 0 Å². The third-order valence-corrected chi connectivity index (χ3v) is 2.48. The molecule has 0 amide bonds. The molecule has 0 aliphatic heterocycles. The summed E-state index contributed by atoms with van der Waals surface area (Å²) in [5.74, 6) is 0.545. The second kappa shape index (κ2) is 9.76. The summed E-state index contributed by atoms with van der Waals surface area (Å²) in [5.41, 5.74) is 0. The molecule has 77 valence electrons. The predicted molar refractivity (Wildman–Crippen MR) is 57.5 cm³/mol. The van der Waals surface area contributed by atoms with Gasteiger partial charge in [0.2, 0.25) is 0 Å². The van der Waals surface area contributed by atoms with Crippen LogP contribution in [0.25, 0.3) is 0 Å². The Morgan fingerprint density at radius 3 is 2.31 bits per heavy atom. The zero-order chi connectivity index (χ0) is 9.94. The Kier molecular flexibility index (Phi) is 9.51. The van der Waals surface area contributed by atoms with Crippen LogP contribution in [0.5, 0.6) is 0 Å². The van der Waals surface area contributed by atoms with E-state index in [4.69, 9.17) is 0 Å². The molecule has 13 heavy (non-hydrogen) atoms. The minimum absolute atomic E-state index is 0.545. The molecule has 0 rings (SSSR count). The lowest BCUT2D eigenvalue weighted by Gasteiger charge is -2.06. The molecule has 0 aromatic rings. The average Bonchev–Trinajstić information content (AvgIpc) is 2.11. The summed E-state index contributed by atoms with van der Waals surface area (Å²) in [6.45, 7) is 4.37. The van der Waals surface area contributed by atoms with Gasteiger partial charge in [-0.3, -0.25) is 4.79 Å². The maximum absolute atomic E-state index is 10.1. The molecule has 0 saturated heterocycles. The van der Waals surface area contributed by atoms with Crippen molar-refractivity contribution in [3.8, 4) is 0 Å². The van der Waals surface area contributed by atoms with E-state index in [-0.39, 0.29) is 0 Å². The van der Waals surface area contributed by atoms with Crippen molar-refractivity contribution in [1.82, 2.24) is 0 Å². The molecule has 0 saturated carbocycles. The van der Waals surface area contributed by atoms with E-state index in [0.29, 0.717) is 12.3 Å². The largest absolute Gasteiger partial charge is 0.291 e. The summed E-state index contributed by atoms with van der Waals surface area (Å²) < 4.78 is 0. The fraction of sp³-hybridized carbons (Fsp3) is 0.917. The third kappa shape index (κ3) is 9.59. The van der Waals surface area contributed by atoms with E-state index >= 15 is 0 Å². The number of unbranched alkanes of at least 4 members (excludes halogenated alkanes) is 5. The fourth-order valence-corrected chi connectivity index (χ4v) is 1.52. The molecule has 0 aromatic heterocycles. The first-order valence-electron chi connectivity index (χ1n) is 5.66. The highest BCUT2D eigenvalue weighted by Gasteiger charge is 2.00. The predicted octanol–water partition coefficient (Wildman–Crippen LogP) is 3.87. The number of hydrogen-bond acceptors (Lipinski definition) is 1. The monoisotopic (exact) mass is 183 g/mol. The molecule has 0 N–H and O–H groups in total. The van der Waals surface area contributed by atoms with Crippen LogP contribution in [-0.2, 0) is 4.79 Å². The molecule has 0 aliphatic rings. The molecule has 0 bridgehead atoms. The minimum atomic E-state index is 0.545. The van der Waals surface area contributed by atoms with E-state index in [1.807, 2.05) is 6.29 Å². The van der Waals surface area contributed by atoms with Gasteiger partial charge in [0, 0.05) is 6.42 Å². The zero-order valence-corrected chi connectivity index (χ0v) is 9.14. The van der Waals surface area contributed by atoms with Crippen LogP contribution < -0.4 is 0 Å². The second-order valence-corrected chi connectivity index (χ2v) is 4.01. The number of rotatable bonds is 9. The van der Waals surface area contributed by atoms with Gasteiger partial charge < -0.3 is 0 Å². The van der Waals surface area contributed by atoms with Gasteiger partial charge >= 0.3 is 0 Å². The molecule has 0 fully saturated rings. The topological polar surface area (TPSA) is 17.1 Å². The van der Waals surface area contributed by atoms with E-state index in [1.165, 1.54) is 44.9 Å². The Balaban J connectivity index is 3.01. The SMILES string of the molecule is CCCCCCCCC(C)C[C]=O. The van der Waals surface area contributed by atoms with Crippen molar-refractivity contribution in [2.75, 3.05) is 0 Å². The van der Waals surface area contributed by atoms with Gasteiger partial charge in [0.1, 0.15) is 0 Å². The highest BCUT2D eigenvalue weighted by atomic mass is 16.1. The highest BCUT2D eigenvalue weighted by molar-refractivity contribution is 5.50. The molecular formula is C12H23O. The smallest absolute Gasteiger partial charge is 0.198 e. The van der Waals surface area contributed by atoms with Gasteiger partial charge in [-0.1, -0.05) is 58.8 Å². The van der Waals surface area contributed by atoms with Crippen LogP contribution in [0.15, 0.2) is 0 Å². The first-order chi connectivity index (χ1) is 6.31. The Morgan fingerprint density at radius 2 is 1.69 bits per heavy atom. The van der Waals surface area contributed by atoms with Crippen LogP contribution in [0.3, 0.4) is 0 Å². The Morgan fingerprint density at radius 1 is 1.08 bits per heavy atom. The first-order valence-corrected chi connectivity index (χ1v) is 5.66. The molecule has 0 heterocycles. The Hall–Kier alpha value is -0.330. The zero-order valence-electron chi connectivity index (χ0n) is 9.14. The highest BCUT2D eigenvalue weighted by Crippen LogP contribution is 2.13. The quantitative estimate of drug-likeness (QED) is 0.496. The van der Waals surface area contributed by atoms with Crippen LogP contribution in [-0.4, -0.2) is 6.29 Å². The van der Waals surface area contributed by atoms with Gasteiger partial charge in [-0.15, -0.1) is 0 Å². The summed E-state index contributed by atoms with van der Waals surface area (Å²) in [7, 11) is 0. The molecule has 1 nitrogen and oxygen atoms in total. The van der Waals surface area contributed by atoms with E-state index < -0.39 is 0 Å². The van der Waals surface area contributed by atoms with Crippen molar-refractivity contribution in [2.45, 2.75) is 65.2 Å². The summed E-state index contributed by atoms with van der Waals surface area (Å²) in [6, 6.07) is 0. The van der Waals surface area contributed by atoms with Gasteiger partial charge in [-0.05, 0) is 5.92 Å². The van der Waals surface area contributed by atoms with Crippen molar-refractivity contribution in [3.63, 3.8) is 0 Å². The number of hydrogen-bond donors (Lipinski definition) is 0. The third-order valence-electron chi connectivity index (χ3n) is 2.48. The van der Waals surface area contributed by atoms with Crippen molar-refractivity contribution in [3.05, 3.63) is 0 Å². The van der Waals surface area contributed by atoms with Crippen LogP contribution in [0.1, 0.15) is 65.2 Å². The summed E-state index contributed by atoms with van der Waals surface area (Å²) in [5, 5.41) is 0. The van der Waals surface area contributed by atoms with Crippen LogP contribution in [0.4, 0.5) is 0 Å². The molecule has 1 heteroatoms. The van der Waals surface area contributed by atoms with Crippen LogP contribution in [0.2, 0.25) is 0 Å². The van der Waals surface area contributed by atoms with Crippen LogP contribution in [0, 0.1) is 5.92 Å². The van der Waals surface area contributed by atoms with Crippen molar-refractivity contribution >= 4 is 6.29 Å². The second-order valence-electron chi connectivity index (χ2n) is 4.01. The van der Waals surface area contributed by atoms with Crippen molar-refractivity contribution < 1.29 is 4.79 Å². The summed E-state index contributed by atoms with van der Waals surface area (Å²) in [6.07, 6.45) is 11.9. The van der Waals surface area contributed by atoms with Crippen molar-refractivity contribution in [1.29, 1.82) is 0 Å². The maximum atomic E-state index is 10.1. The van der Waals surface area contributed by atoms with E-state index in [9.17, 15) is 4.79 Å².